The van der Waals surface area contributed by atoms with E-state index in [0.29, 0.717) is 0 Å². The van der Waals surface area contributed by atoms with Crippen molar-refractivity contribution in [3.63, 3.8) is 0 Å². The molecule has 1 spiro atoms. The quantitative estimate of drug-likeness (QED) is 0.739. The molecule has 1 unspecified atom stereocenters. The molecular formula is C16H19NO3. The summed E-state index contributed by atoms with van der Waals surface area (Å²) in [5.74, 6) is -0.213. The maximum atomic E-state index is 11.5. The summed E-state index contributed by atoms with van der Waals surface area (Å²) in [5, 5.41) is 4.28. The Bertz CT molecular complexity index is 618. The van der Waals surface area contributed by atoms with E-state index in [1.807, 2.05) is 0 Å². The molecule has 20 heavy (non-hydrogen) atoms. The highest BCUT2D eigenvalue weighted by molar-refractivity contribution is 6.06. The number of hydrogen-bond donors (Lipinski definition) is 0. The molecule has 2 heterocycles. The van der Waals surface area contributed by atoms with E-state index in [2.05, 4.69) is 51.0 Å². The largest absolute Gasteiger partial charge is 0.461 e. The molecule has 0 radical (unpaired) electrons. The molecule has 3 rings (SSSR count). The Labute approximate surface area is 118 Å². The Hall–Kier alpha value is -1.84. The highest BCUT2D eigenvalue weighted by Crippen LogP contribution is 2.48. The van der Waals surface area contributed by atoms with Crippen LogP contribution in [0.25, 0.3) is 0 Å². The van der Waals surface area contributed by atoms with Crippen LogP contribution in [0.15, 0.2) is 23.4 Å². The molecule has 1 atom stereocenters. The third-order valence-electron chi connectivity index (χ3n) is 4.72. The molecule has 1 fully saturated rings. The molecule has 1 saturated heterocycles. The number of benzene rings is 1. The number of rotatable bonds is 1. The molecule has 0 aromatic heterocycles. The lowest BCUT2D eigenvalue weighted by molar-refractivity contribution is -0.137. The van der Waals surface area contributed by atoms with Crippen LogP contribution in [0.2, 0.25) is 0 Å². The maximum Gasteiger partial charge on any atom is 0.310 e. The minimum Gasteiger partial charge on any atom is -0.461 e. The van der Waals surface area contributed by atoms with E-state index in [0.717, 1.165) is 11.3 Å². The zero-order valence-corrected chi connectivity index (χ0v) is 12.3. The van der Waals surface area contributed by atoms with Crippen LogP contribution in [0.4, 0.5) is 0 Å². The molecule has 1 aromatic rings. The van der Waals surface area contributed by atoms with Crippen molar-refractivity contribution in [3.05, 3.63) is 34.9 Å². The fourth-order valence-electron chi connectivity index (χ4n) is 2.87. The van der Waals surface area contributed by atoms with Gasteiger partial charge in [-0.1, -0.05) is 17.3 Å². The molecule has 2 aliphatic rings. The summed E-state index contributed by atoms with van der Waals surface area (Å²) in [7, 11) is 0. The number of esters is 1. The van der Waals surface area contributed by atoms with Gasteiger partial charge in [0.2, 0.25) is 0 Å². The standard InChI is InChI=1S/C16H19NO3/c1-10-5-6-12(7-11(10)2)14-15(3,4)16(20-17-14)8-13(18)19-9-16/h5-7H,8-9H2,1-4H3. The van der Waals surface area contributed by atoms with Gasteiger partial charge in [-0.15, -0.1) is 0 Å². The van der Waals surface area contributed by atoms with Gasteiger partial charge in [0.25, 0.3) is 0 Å². The van der Waals surface area contributed by atoms with Crippen molar-refractivity contribution in [2.75, 3.05) is 6.61 Å². The number of hydrogen-bond acceptors (Lipinski definition) is 4. The van der Waals surface area contributed by atoms with Gasteiger partial charge in [0.1, 0.15) is 6.61 Å². The van der Waals surface area contributed by atoms with Crippen LogP contribution < -0.4 is 0 Å². The Morgan fingerprint density at radius 2 is 1.95 bits per heavy atom. The lowest BCUT2D eigenvalue weighted by Gasteiger charge is -2.33. The average Bonchev–Trinajstić information content (AvgIpc) is 2.87. The Balaban J connectivity index is 2.00. The summed E-state index contributed by atoms with van der Waals surface area (Å²) >= 11 is 0. The van der Waals surface area contributed by atoms with Gasteiger partial charge in [-0.3, -0.25) is 4.79 Å². The minimum atomic E-state index is -0.655. The molecular weight excluding hydrogens is 254 g/mol. The van der Waals surface area contributed by atoms with Gasteiger partial charge < -0.3 is 9.57 Å². The highest BCUT2D eigenvalue weighted by Gasteiger charge is 2.60. The van der Waals surface area contributed by atoms with E-state index in [1.165, 1.54) is 11.1 Å². The summed E-state index contributed by atoms with van der Waals surface area (Å²) in [5.41, 5.74) is 3.40. The van der Waals surface area contributed by atoms with Crippen LogP contribution in [0, 0.1) is 19.3 Å². The molecule has 2 aliphatic heterocycles. The Morgan fingerprint density at radius 3 is 2.55 bits per heavy atom. The van der Waals surface area contributed by atoms with Gasteiger partial charge in [0.05, 0.1) is 17.5 Å². The van der Waals surface area contributed by atoms with Gasteiger partial charge in [-0.2, -0.15) is 0 Å². The van der Waals surface area contributed by atoms with Crippen LogP contribution >= 0.6 is 0 Å². The predicted octanol–water partition coefficient (Wildman–Crippen LogP) is 2.75. The lowest BCUT2D eigenvalue weighted by atomic mass is 9.69. The molecule has 4 heteroatoms. The highest BCUT2D eigenvalue weighted by atomic mass is 16.7. The molecule has 4 nitrogen and oxygen atoms in total. The first kappa shape index (κ1) is 13.2. The smallest absolute Gasteiger partial charge is 0.310 e. The fourth-order valence-corrected chi connectivity index (χ4v) is 2.87. The van der Waals surface area contributed by atoms with Gasteiger partial charge >= 0.3 is 5.97 Å². The Morgan fingerprint density at radius 1 is 1.20 bits per heavy atom. The van der Waals surface area contributed by atoms with Gasteiger partial charge in [0.15, 0.2) is 5.60 Å². The van der Waals surface area contributed by atoms with Gasteiger partial charge in [-0.25, -0.2) is 0 Å². The second-order valence-corrected chi connectivity index (χ2v) is 6.29. The van der Waals surface area contributed by atoms with E-state index >= 15 is 0 Å². The summed E-state index contributed by atoms with van der Waals surface area (Å²) in [4.78, 5) is 17.1. The number of oxime groups is 1. The second-order valence-electron chi connectivity index (χ2n) is 6.29. The van der Waals surface area contributed by atoms with Crippen molar-refractivity contribution in [3.8, 4) is 0 Å². The third kappa shape index (κ3) is 1.67. The number of carbonyl (C=O) groups excluding carboxylic acids is 1. The first-order valence-electron chi connectivity index (χ1n) is 6.86. The average molecular weight is 273 g/mol. The van der Waals surface area contributed by atoms with Crippen LogP contribution in [0.5, 0.6) is 0 Å². The molecule has 0 saturated carbocycles. The van der Waals surface area contributed by atoms with Crippen molar-refractivity contribution in [2.24, 2.45) is 10.6 Å². The van der Waals surface area contributed by atoms with E-state index in [4.69, 9.17) is 9.57 Å². The van der Waals surface area contributed by atoms with Crippen LogP contribution in [-0.4, -0.2) is 23.9 Å². The number of ether oxygens (including phenoxy) is 1. The zero-order chi connectivity index (χ0) is 14.5. The van der Waals surface area contributed by atoms with E-state index in [-0.39, 0.29) is 24.4 Å². The van der Waals surface area contributed by atoms with Crippen molar-refractivity contribution >= 4 is 11.7 Å². The molecule has 0 amide bonds. The predicted molar refractivity (Wildman–Crippen MR) is 75.6 cm³/mol. The van der Waals surface area contributed by atoms with Crippen LogP contribution in [0.3, 0.4) is 0 Å². The lowest BCUT2D eigenvalue weighted by Crippen LogP contribution is -2.47. The number of aryl methyl sites for hydroxylation is 2. The van der Waals surface area contributed by atoms with E-state index < -0.39 is 5.60 Å². The molecule has 0 N–H and O–H groups in total. The van der Waals surface area contributed by atoms with Gasteiger partial charge in [-0.05, 0) is 44.9 Å². The fraction of sp³-hybridized carbons (Fsp3) is 0.500. The number of cyclic esters (lactones) is 1. The SMILES string of the molecule is Cc1ccc(C2=NOC3(COC(=O)C3)C2(C)C)cc1C. The summed E-state index contributed by atoms with van der Waals surface area (Å²) in [6, 6.07) is 6.27. The normalized spacial score (nSPS) is 27.4. The van der Waals surface area contributed by atoms with E-state index in [9.17, 15) is 4.79 Å². The van der Waals surface area contributed by atoms with E-state index in [1.54, 1.807) is 0 Å². The van der Waals surface area contributed by atoms with Crippen molar-refractivity contribution < 1.29 is 14.4 Å². The zero-order valence-electron chi connectivity index (χ0n) is 12.3. The minimum absolute atomic E-state index is 0.213. The summed E-state index contributed by atoms with van der Waals surface area (Å²) in [6.45, 7) is 8.57. The maximum absolute atomic E-state index is 11.5. The van der Waals surface area contributed by atoms with Crippen molar-refractivity contribution in [1.29, 1.82) is 0 Å². The Kier molecular flexibility index (Phi) is 2.68. The third-order valence-corrected chi connectivity index (χ3v) is 4.72. The number of carbonyl (C=O) groups is 1. The van der Waals surface area contributed by atoms with Crippen LogP contribution in [0.1, 0.15) is 37.0 Å². The molecule has 0 aliphatic carbocycles. The van der Waals surface area contributed by atoms with Crippen molar-refractivity contribution in [2.45, 2.75) is 39.7 Å². The molecule has 1 aromatic carbocycles. The summed E-state index contributed by atoms with van der Waals surface area (Å²) in [6.07, 6.45) is 0.262. The molecule has 106 valence electrons. The monoisotopic (exact) mass is 273 g/mol. The number of nitrogens with zero attached hydrogens (tertiary/aromatic N) is 1. The van der Waals surface area contributed by atoms with Crippen LogP contribution in [-0.2, 0) is 14.4 Å². The molecule has 0 bridgehead atoms. The first-order valence-corrected chi connectivity index (χ1v) is 6.86. The first-order chi connectivity index (χ1) is 9.36. The van der Waals surface area contributed by atoms with Gasteiger partial charge in [0, 0.05) is 5.56 Å². The second kappa shape index (κ2) is 4.08. The summed E-state index contributed by atoms with van der Waals surface area (Å²) < 4.78 is 5.12. The van der Waals surface area contributed by atoms with Crippen molar-refractivity contribution in [1.82, 2.24) is 0 Å². The topological polar surface area (TPSA) is 47.9 Å².